The first-order valence-corrected chi connectivity index (χ1v) is 6.47. The van der Waals surface area contributed by atoms with E-state index >= 15 is 0 Å². The number of amides is 2. The number of hydrogen-bond acceptors (Lipinski definition) is 2. The van der Waals surface area contributed by atoms with E-state index in [-0.39, 0.29) is 18.4 Å². The molecular formula is C14H17FN2O3. The number of carbonyl (C=O) groups excluding carboxylic acids is 1. The Morgan fingerprint density at radius 3 is 2.40 bits per heavy atom. The van der Waals surface area contributed by atoms with E-state index in [2.05, 4.69) is 0 Å². The lowest BCUT2D eigenvalue weighted by molar-refractivity contribution is -0.137. The summed E-state index contributed by atoms with van der Waals surface area (Å²) >= 11 is 0. The lowest BCUT2D eigenvalue weighted by Crippen LogP contribution is -2.44. The maximum atomic E-state index is 12.9. The second kappa shape index (κ2) is 5.90. The lowest BCUT2D eigenvalue weighted by Gasteiger charge is -2.27. The van der Waals surface area contributed by atoms with Gasteiger partial charge in [0.15, 0.2) is 0 Å². The second-order valence-corrected chi connectivity index (χ2v) is 5.04. The van der Waals surface area contributed by atoms with Gasteiger partial charge in [-0.3, -0.25) is 9.69 Å². The zero-order valence-corrected chi connectivity index (χ0v) is 11.3. The molecule has 1 aliphatic carbocycles. The molecule has 6 heteroatoms. The minimum Gasteiger partial charge on any atom is -0.480 e. The van der Waals surface area contributed by atoms with Crippen LogP contribution >= 0.6 is 0 Å². The molecule has 0 heterocycles. The van der Waals surface area contributed by atoms with Gasteiger partial charge in [0.05, 0.1) is 0 Å². The van der Waals surface area contributed by atoms with E-state index in [0.29, 0.717) is 18.2 Å². The van der Waals surface area contributed by atoms with Crippen LogP contribution < -0.4 is 4.90 Å². The van der Waals surface area contributed by atoms with Gasteiger partial charge in [0.2, 0.25) is 0 Å². The van der Waals surface area contributed by atoms with Crippen LogP contribution in [0.5, 0.6) is 0 Å². The van der Waals surface area contributed by atoms with Crippen LogP contribution in [0.4, 0.5) is 14.9 Å². The number of carboxylic acids is 1. The minimum absolute atomic E-state index is 0.319. The number of carboxylic acid groups (broad SMARTS) is 1. The summed E-state index contributed by atoms with van der Waals surface area (Å²) in [5, 5.41) is 8.89. The highest BCUT2D eigenvalue weighted by Crippen LogP contribution is 2.30. The Balaban J connectivity index is 2.08. The van der Waals surface area contributed by atoms with Crippen molar-refractivity contribution in [1.29, 1.82) is 0 Å². The number of aliphatic carboxylic acids is 1. The molecule has 1 N–H and O–H groups in total. The van der Waals surface area contributed by atoms with Crippen LogP contribution in [-0.4, -0.2) is 42.1 Å². The van der Waals surface area contributed by atoms with Crippen molar-refractivity contribution in [3.63, 3.8) is 0 Å². The van der Waals surface area contributed by atoms with Crippen molar-refractivity contribution in [3.8, 4) is 0 Å². The van der Waals surface area contributed by atoms with Gasteiger partial charge in [0.25, 0.3) is 0 Å². The molecule has 2 amide bonds. The summed E-state index contributed by atoms with van der Waals surface area (Å²) in [6, 6.07) is 5.13. The van der Waals surface area contributed by atoms with Crippen molar-refractivity contribution in [1.82, 2.24) is 4.90 Å². The zero-order chi connectivity index (χ0) is 14.7. The normalized spacial score (nSPS) is 13.9. The average molecular weight is 280 g/mol. The Morgan fingerprint density at radius 1 is 1.30 bits per heavy atom. The fraction of sp³-hybridized carbons (Fsp3) is 0.429. The Hall–Kier alpha value is -2.11. The first-order valence-electron chi connectivity index (χ1n) is 6.47. The third kappa shape index (κ3) is 3.69. The number of hydrogen-bond donors (Lipinski definition) is 1. The molecule has 1 aromatic rings. The van der Waals surface area contributed by atoms with E-state index < -0.39 is 5.97 Å². The molecule has 1 saturated carbocycles. The Morgan fingerprint density at radius 2 is 1.90 bits per heavy atom. The van der Waals surface area contributed by atoms with Crippen LogP contribution in [-0.2, 0) is 4.79 Å². The molecule has 20 heavy (non-hydrogen) atoms. The number of urea groups is 1. The van der Waals surface area contributed by atoms with Crippen LogP contribution in [0.25, 0.3) is 0 Å². The number of halogens is 1. The molecule has 1 fully saturated rings. The maximum absolute atomic E-state index is 12.9. The highest BCUT2D eigenvalue weighted by atomic mass is 19.1. The van der Waals surface area contributed by atoms with Gasteiger partial charge in [-0.05, 0) is 43.0 Å². The van der Waals surface area contributed by atoms with E-state index in [1.54, 1.807) is 7.05 Å². The summed E-state index contributed by atoms with van der Waals surface area (Å²) in [5.74, 6) is -1.01. The standard InChI is InChI=1S/C14H17FN2O3/c1-16(12-6-4-11(15)5-7-12)14(20)17(9-13(18)19)8-10-2-3-10/h4-7,10H,2-3,8-9H2,1H3,(H,18,19). The monoisotopic (exact) mass is 280 g/mol. The van der Waals surface area contributed by atoms with E-state index in [1.165, 1.54) is 34.1 Å². The number of carbonyl (C=O) groups is 2. The predicted octanol–water partition coefficient (Wildman–Crippen LogP) is 2.18. The van der Waals surface area contributed by atoms with Crippen molar-refractivity contribution in [2.45, 2.75) is 12.8 Å². The van der Waals surface area contributed by atoms with E-state index in [9.17, 15) is 14.0 Å². The Bertz CT molecular complexity index is 500. The van der Waals surface area contributed by atoms with Gasteiger partial charge in [0.1, 0.15) is 12.4 Å². The summed E-state index contributed by atoms with van der Waals surface area (Å²) in [5.41, 5.74) is 0.530. The molecule has 1 aromatic carbocycles. The highest BCUT2D eigenvalue weighted by Gasteiger charge is 2.29. The Labute approximate surface area is 116 Å². The van der Waals surface area contributed by atoms with Gasteiger partial charge in [-0.2, -0.15) is 0 Å². The fourth-order valence-corrected chi connectivity index (χ4v) is 1.97. The molecule has 5 nitrogen and oxygen atoms in total. The molecule has 0 bridgehead atoms. The van der Waals surface area contributed by atoms with Gasteiger partial charge in [-0.25, -0.2) is 9.18 Å². The first-order chi connectivity index (χ1) is 9.47. The SMILES string of the molecule is CN(C(=O)N(CC(=O)O)CC1CC1)c1ccc(F)cc1. The van der Waals surface area contributed by atoms with E-state index in [0.717, 1.165) is 12.8 Å². The number of benzene rings is 1. The highest BCUT2D eigenvalue weighted by molar-refractivity contribution is 5.93. The second-order valence-electron chi connectivity index (χ2n) is 5.04. The summed E-state index contributed by atoms with van der Waals surface area (Å²) in [4.78, 5) is 25.8. The maximum Gasteiger partial charge on any atom is 0.324 e. The van der Waals surface area contributed by atoms with Crippen LogP contribution in [0.3, 0.4) is 0 Å². The van der Waals surface area contributed by atoms with Gasteiger partial charge >= 0.3 is 12.0 Å². The molecule has 0 saturated heterocycles. The average Bonchev–Trinajstić information content (AvgIpc) is 3.20. The molecule has 2 rings (SSSR count). The van der Waals surface area contributed by atoms with Crippen LogP contribution in [0.2, 0.25) is 0 Å². The van der Waals surface area contributed by atoms with Gasteiger partial charge < -0.3 is 10.0 Å². The number of rotatable bonds is 5. The third-order valence-corrected chi connectivity index (χ3v) is 3.27. The van der Waals surface area contributed by atoms with Crippen molar-refractivity contribution in [3.05, 3.63) is 30.1 Å². The first kappa shape index (κ1) is 14.3. The fourth-order valence-electron chi connectivity index (χ4n) is 1.97. The van der Waals surface area contributed by atoms with Crippen molar-refractivity contribution in [2.75, 3.05) is 25.0 Å². The van der Waals surface area contributed by atoms with Gasteiger partial charge in [-0.1, -0.05) is 0 Å². The van der Waals surface area contributed by atoms with Crippen LogP contribution in [0.15, 0.2) is 24.3 Å². The molecule has 0 unspecified atom stereocenters. The van der Waals surface area contributed by atoms with Gasteiger partial charge in [-0.15, -0.1) is 0 Å². The number of nitrogens with zero attached hydrogens (tertiary/aromatic N) is 2. The summed E-state index contributed by atoms with van der Waals surface area (Å²) in [6.07, 6.45) is 2.06. The molecule has 1 aliphatic rings. The third-order valence-electron chi connectivity index (χ3n) is 3.27. The van der Waals surface area contributed by atoms with Gasteiger partial charge in [0, 0.05) is 19.3 Å². The zero-order valence-electron chi connectivity index (χ0n) is 11.3. The Kier molecular flexibility index (Phi) is 4.22. The molecule has 0 radical (unpaired) electrons. The molecule has 108 valence electrons. The molecular weight excluding hydrogens is 263 g/mol. The molecule has 0 atom stereocenters. The smallest absolute Gasteiger partial charge is 0.324 e. The predicted molar refractivity (Wildman–Crippen MR) is 72.1 cm³/mol. The molecule has 0 aromatic heterocycles. The van der Waals surface area contributed by atoms with Crippen LogP contribution in [0, 0.1) is 11.7 Å². The van der Waals surface area contributed by atoms with Crippen LogP contribution in [0.1, 0.15) is 12.8 Å². The summed E-state index contributed by atoms with van der Waals surface area (Å²) < 4.78 is 12.9. The summed E-state index contributed by atoms with van der Waals surface area (Å²) in [7, 11) is 1.55. The van der Waals surface area contributed by atoms with Crippen molar-refractivity contribution < 1.29 is 19.1 Å². The lowest BCUT2D eigenvalue weighted by atomic mass is 10.3. The van der Waals surface area contributed by atoms with Crippen molar-refractivity contribution in [2.24, 2.45) is 5.92 Å². The topological polar surface area (TPSA) is 60.9 Å². The van der Waals surface area contributed by atoms with Crippen molar-refractivity contribution >= 4 is 17.7 Å². The van der Waals surface area contributed by atoms with E-state index in [1.807, 2.05) is 0 Å². The molecule has 0 spiro atoms. The quantitative estimate of drug-likeness (QED) is 0.899. The molecule has 0 aliphatic heterocycles. The largest absolute Gasteiger partial charge is 0.480 e. The number of anilines is 1. The minimum atomic E-state index is -1.04. The summed E-state index contributed by atoms with van der Waals surface area (Å²) in [6.45, 7) is 0.136. The van der Waals surface area contributed by atoms with E-state index in [4.69, 9.17) is 5.11 Å².